The highest BCUT2D eigenvalue weighted by Gasteiger charge is 2.30. The van der Waals surface area contributed by atoms with Crippen molar-refractivity contribution in [2.75, 3.05) is 48.4 Å². The number of aliphatic hydroxyl groups is 2. The Morgan fingerprint density at radius 1 is 0.674 bits per heavy atom. The van der Waals surface area contributed by atoms with Gasteiger partial charge in [-0.15, -0.1) is 0 Å². The topological polar surface area (TPSA) is 187 Å². The molecule has 244 valence electrons. The lowest BCUT2D eigenvalue weighted by Gasteiger charge is -2.35. The fourth-order valence-electron chi connectivity index (χ4n) is 5.24. The van der Waals surface area contributed by atoms with Crippen LogP contribution in [0.1, 0.15) is 25.7 Å². The number of anilines is 4. The van der Waals surface area contributed by atoms with Crippen molar-refractivity contribution in [1.29, 1.82) is 0 Å². The van der Waals surface area contributed by atoms with Gasteiger partial charge in [0.05, 0.1) is 12.4 Å². The third-order valence-corrected chi connectivity index (χ3v) is 8.63. The van der Waals surface area contributed by atoms with Gasteiger partial charge in [-0.1, -0.05) is 23.2 Å². The summed E-state index contributed by atoms with van der Waals surface area (Å²) >= 11 is 11.7. The number of ether oxygens (including phenoxy) is 2. The van der Waals surface area contributed by atoms with E-state index in [2.05, 4.69) is 30.6 Å². The lowest BCUT2D eigenvalue weighted by molar-refractivity contribution is 0.0989. The molecule has 12 nitrogen and oxygen atoms in total. The van der Waals surface area contributed by atoms with Crippen molar-refractivity contribution in [3.8, 4) is 23.0 Å². The Balaban J connectivity index is 0.000000181. The largest absolute Gasteiger partial charge is 0.452 e. The lowest BCUT2D eigenvalue weighted by Crippen LogP contribution is -2.34. The van der Waals surface area contributed by atoms with Crippen molar-refractivity contribution in [3.05, 3.63) is 71.0 Å². The van der Waals surface area contributed by atoms with Gasteiger partial charge in [0.25, 0.3) is 0 Å². The maximum atomic E-state index is 9.26. The Morgan fingerprint density at radius 2 is 1.15 bits per heavy atom. The van der Waals surface area contributed by atoms with E-state index in [0.29, 0.717) is 68.4 Å². The number of nitrogen functional groups attached to an aromatic ring is 2. The van der Waals surface area contributed by atoms with Crippen molar-refractivity contribution in [3.63, 3.8) is 0 Å². The summed E-state index contributed by atoms with van der Waals surface area (Å²) in [7, 11) is 0. The fourth-order valence-corrected chi connectivity index (χ4v) is 5.49. The van der Waals surface area contributed by atoms with E-state index in [1.54, 1.807) is 60.9 Å². The molecular formula is C32H38Cl2N8O4. The molecule has 14 heteroatoms. The van der Waals surface area contributed by atoms with Crippen LogP contribution in [0, 0.1) is 23.7 Å². The van der Waals surface area contributed by atoms with E-state index >= 15 is 0 Å². The van der Waals surface area contributed by atoms with Crippen molar-refractivity contribution >= 4 is 46.7 Å². The van der Waals surface area contributed by atoms with Crippen LogP contribution < -0.4 is 31.6 Å². The van der Waals surface area contributed by atoms with Crippen LogP contribution in [0.3, 0.4) is 0 Å². The Kier molecular flexibility index (Phi) is 11.5. The number of hydrogen-bond donors (Lipinski definition) is 6. The van der Waals surface area contributed by atoms with Gasteiger partial charge in [0.1, 0.15) is 11.5 Å². The summed E-state index contributed by atoms with van der Waals surface area (Å²) in [6.07, 6.45) is 7.32. The highest BCUT2D eigenvalue weighted by Crippen LogP contribution is 2.36. The van der Waals surface area contributed by atoms with E-state index in [4.69, 9.17) is 49.2 Å². The van der Waals surface area contributed by atoms with Crippen LogP contribution in [0.2, 0.25) is 10.0 Å². The Bertz CT molecular complexity index is 1560. The highest BCUT2D eigenvalue weighted by atomic mass is 35.5. The van der Waals surface area contributed by atoms with Crippen LogP contribution in [0.5, 0.6) is 23.0 Å². The number of benzene rings is 2. The molecule has 46 heavy (non-hydrogen) atoms. The van der Waals surface area contributed by atoms with Crippen LogP contribution in [0.25, 0.3) is 0 Å². The zero-order valence-electron chi connectivity index (χ0n) is 25.2. The van der Waals surface area contributed by atoms with Crippen molar-refractivity contribution < 1.29 is 19.7 Å². The van der Waals surface area contributed by atoms with E-state index in [1.165, 1.54) is 0 Å². The number of nitrogens with one attached hydrogen (secondary N) is 2. The van der Waals surface area contributed by atoms with Crippen LogP contribution >= 0.6 is 23.2 Å². The van der Waals surface area contributed by atoms with Crippen LogP contribution in [-0.2, 0) is 0 Å². The van der Waals surface area contributed by atoms with Gasteiger partial charge in [0, 0.05) is 36.3 Å². The monoisotopic (exact) mass is 668 g/mol. The molecular weight excluding hydrogens is 631 g/mol. The smallest absolute Gasteiger partial charge is 0.222 e. The normalized spacial score (nSPS) is 19.9. The molecule has 0 bridgehead atoms. The number of hydrogen-bond acceptors (Lipinski definition) is 12. The van der Waals surface area contributed by atoms with Gasteiger partial charge in [-0.25, -0.2) is 9.97 Å². The molecule has 0 aliphatic heterocycles. The second-order valence-corrected chi connectivity index (χ2v) is 12.3. The third kappa shape index (κ3) is 9.23. The molecule has 2 fully saturated rings. The second-order valence-electron chi connectivity index (χ2n) is 11.4. The number of aromatic nitrogens is 4. The van der Waals surface area contributed by atoms with E-state index in [1.807, 2.05) is 0 Å². The first kappa shape index (κ1) is 33.3. The van der Waals surface area contributed by atoms with Gasteiger partial charge in [-0.2, -0.15) is 9.97 Å². The second kappa shape index (κ2) is 15.9. The van der Waals surface area contributed by atoms with Crippen LogP contribution in [0.15, 0.2) is 60.9 Å². The Hall–Kier alpha value is -4.10. The minimum absolute atomic E-state index is 0.184. The predicted molar refractivity (Wildman–Crippen MR) is 180 cm³/mol. The SMILES string of the molecule is Nc1ncc(Oc2ccc(Cl)cc2)c(NCC2CC(CO)C2)n1.Nc1ncc(Oc2ccc(Cl)cc2)c(NC[C@@H]2CC[C@@H]2CO)n1. The number of nitrogens with zero attached hydrogens (tertiary/aromatic N) is 4. The fraction of sp³-hybridized carbons (Fsp3) is 0.375. The first-order valence-corrected chi connectivity index (χ1v) is 15.9. The van der Waals surface area contributed by atoms with E-state index in [9.17, 15) is 5.11 Å². The Labute approximate surface area is 277 Å². The zero-order valence-corrected chi connectivity index (χ0v) is 26.7. The quantitative estimate of drug-likeness (QED) is 0.106. The summed E-state index contributed by atoms with van der Waals surface area (Å²) in [6.45, 7) is 1.98. The van der Waals surface area contributed by atoms with Crippen LogP contribution in [-0.4, -0.2) is 56.5 Å². The predicted octanol–water partition coefficient (Wildman–Crippen LogP) is 5.87. The molecule has 0 radical (unpaired) electrons. The first-order valence-electron chi connectivity index (χ1n) is 15.1. The molecule has 2 aliphatic carbocycles. The molecule has 4 aromatic rings. The van der Waals surface area contributed by atoms with Gasteiger partial charge in [-0.05, 0) is 97.9 Å². The van der Waals surface area contributed by atoms with Gasteiger partial charge < -0.3 is 41.8 Å². The van der Waals surface area contributed by atoms with Gasteiger partial charge in [-0.3, -0.25) is 0 Å². The van der Waals surface area contributed by atoms with Gasteiger partial charge in [0.15, 0.2) is 23.1 Å². The summed E-state index contributed by atoms with van der Waals surface area (Å²) < 4.78 is 11.6. The number of rotatable bonds is 12. The third-order valence-electron chi connectivity index (χ3n) is 8.12. The van der Waals surface area contributed by atoms with Crippen molar-refractivity contribution in [2.45, 2.75) is 25.7 Å². The average Bonchev–Trinajstić information content (AvgIpc) is 3.01. The van der Waals surface area contributed by atoms with Crippen molar-refractivity contribution in [1.82, 2.24) is 19.9 Å². The van der Waals surface area contributed by atoms with Crippen LogP contribution in [0.4, 0.5) is 23.5 Å². The molecule has 0 spiro atoms. The minimum atomic E-state index is 0.184. The lowest BCUT2D eigenvalue weighted by atomic mass is 9.74. The van der Waals surface area contributed by atoms with E-state index < -0.39 is 0 Å². The molecule has 2 heterocycles. The number of aliphatic hydroxyl groups excluding tert-OH is 2. The molecule has 6 rings (SSSR count). The van der Waals surface area contributed by atoms with Gasteiger partial charge >= 0.3 is 0 Å². The molecule has 2 atom stereocenters. The molecule has 8 N–H and O–H groups in total. The molecule has 2 aromatic carbocycles. The summed E-state index contributed by atoms with van der Waals surface area (Å²) in [4.78, 5) is 16.4. The maximum absolute atomic E-state index is 9.26. The highest BCUT2D eigenvalue weighted by molar-refractivity contribution is 6.30. The molecule has 2 saturated carbocycles. The molecule has 2 aliphatic rings. The molecule has 0 amide bonds. The minimum Gasteiger partial charge on any atom is -0.452 e. The summed E-state index contributed by atoms with van der Waals surface area (Å²) in [5.74, 6) is 5.58. The molecule has 0 unspecified atom stereocenters. The van der Waals surface area contributed by atoms with E-state index in [0.717, 1.165) is 38.8 Å². The first-order chi connectivity index (χ1) is 22.3. The average molecular weight is 670 g/mol. The molecule has 2 aromatic heterocycles. The standard InChI is InChI=1S/2C16H19ClN4O2/c17-12-1-3-13(4-2-12)23-14-8-20-16(18)21-15(14)19-7-10-5-11(6-10)9-22;17-12-3-5-13(6-4-12)23-14-8-20-16(18)21-15(14)19-7-10-1-2-11(10)9-22/h1-4,8,10-11,22H,5-7,9H2,(H3,18,19,20,21);3-6,8,10-11,22H,1-2,7,9H2,(H3,18,19,20,21)/t;10-,11+/m.0/s1. The zero-order chi connectivity index (χ0) is 32.5. The summed E-state index contributed by atoms with van der Waals surface area (Å²) in [5.41, 5.74) is 11.3. The Morgan fingerprint density at radius 3 is 1.59 bits per heavy atom. The summed E-state index contributed by atoms with van der Waals surface area (Å²) in [6, 6.07) is 14.1. The maximum Gasteiger partial charge on any atom is 0.222 e. The number of halogens is 2. The van der Waals surface area contributed by atoms with Gasteiger partial charge in [0.2, 0.25) is 11.9 Å². The number of nitrogens with two attached hydrogens (primary N) is 2. The van der Waals surface area contributed by atoms with Crippen molar-refractivity contribution in [2.24, 2.45) is 23.7 Å². The summed E-state index contributed by atoms with van der Waals surface area (Å²) in [5, 5.41) is 26.1. The molecule has 0 saturated heterocycles. The van der Waals surface area contributed by atoms with E-state index in [-0.39, 0.29) is 25.1 Å².